The van der Waals surface area contributed by atoms with Crippen molar-refractivity contribution in [2.75, 3.05) is 6.61 Å². The molecule has 0 radical (unpaired) electrons. The maximum atomic E-state index is 12.3. The number of aromatic nitrogens is 1. The van der Waals surface area contributed by atoms with E-state index >= 15 is 0 Å². The van der Waals surface area contributed by atoms with E-state index in [1.807, 2.05) is 45.3 Å². The van der Waals surface area contributed by atoms with E-state index in [9.17, 15) is 10.1 Å². The first kappa shape index (κ1) is 21.9. The molecule has 0 fully saturated rings. The molecule has 0 spiro atoms. The van der Waals surface area contributed by atoms with E-state index in [0.717, 1.165) is 34.7 Å². The van der Waals surface area contributed by atoms with Crippen molar-refractivity contribution in [2.24, 2.45) is 5.10 Å². The van der Waals surface area contributed by atoms with Gasteiger partial charge in [0, 0.05) is 28.1 Å². The first-order valence-electron chi connectivity index (χ1n) is 10.1. The van der Waals surface area contributed by atoms with Gasteiger partial charge in [-0.25, -0.2) is 5.43 Å². The quantitative estimate of drug-likeness (QED) is 0.443. The van der Waals surface area contributed by atoms with E-state index in [-0.39, 0.29) is 5.91 Å². The number of nitriles is 1. The fourth-order valence-corrected chi connectivity index (χ4v) is 3.28. The lowest BCUT2D eigenvalue weighted by Crippen LogP contribution is -2.17. The van der Waals surface area contributed by atoms with Crippen LogP contribution in [0, 0.1) is 39.0 Å². The summed E-state index contributed by atoms with van der Waals surface area (Å²) in [7, 11) is 0. The minimum absolute atomic E-state index is 0.309. The number of hydrazone groups is 1. The molecule has 2 heterocycles. The van der Waals surface area contributed by atoms with Gasteiger partial charge >= 0.3 is 0 Å². The van der Waals surface area contributed by atoms with Crippen LogP contribution in [0.25, 0.3) is 5.88 Å². The van der Waals surface area contributed by atoms with Crippen molar-refractivity contribution >= 4 is 12.1 Å². The molecule has 0 aliphatic heterocycles. The zero-order chi connectivity index (χ0) is 22.5. The van der Waals surface area contributed by atoms with Crippen molar-refractivity contribution in [3.05, 3.63) is 69.7 Å². The second kappa shape index (κ2) is 9.35. The van der Waals surface area contributed by atoms with Gasteiger partial charge in [-0.05, 0) is 64.4 Å². The summed E-state index contributed by atoms with van der Waals surface area (Å²) < 4.78 is 13.3. The van der Waals surface area contributed by atoms with Crippen molar-refractivity contribution in [3.63, 3.8) is 0 Å². The summed E-state index contributed by atoms with van der Waals surface area (Å²) in [5.41, 5.74) is 6.96. The van der Waals surface area contributed by atoms with Crippen molar-refractivity contribution in [2.45, 2.75) is 41.0 Å². The Hall–Kier alpha value is -3.79. The Morgan fingerprint density at radius 1 is 1.26 bits per heavy atom. The average molecular weight is 418 g/mol. The highest BCUT2D eigenvalue weighted by Crippen LogP contribution is 2.28. The summed E-state index contributed by atoms with van der Waals surface area (Å²) in [6.07, 6.45) is 2.51. The fourth-order valence-electron chi connectivity index (χ4n) is 3.28. The summed E-state index contributed by atoms with van der Waals surface area (Å²) in [5.74, 6) is 1.64. The molecular formula is C24H26N4O3. The number of hydrogen-bond donors (Lipinski definition) is 1. The number of hydrogen-bond acceptors (Lipinski definition) is 5. The molecule has 160 valence electrons. The van der Waals surface area contributed by atoms with E-state index in [2.05, 4.69) is 16.6 Å². The van der Waals surface area contributed by atoms with Crippen molar-refractivity contribution in [1.82, 2.24) is 9.99 Å². The van der Waals surface area contributed by atoms with Crippen LogP contribution in [-0.4, -0.2) is 23.3 Å². The second-order valence-electron chi connectivity index (χ2n) is 7.31. The summed E-state index contributed by atoms with van der Waals surface area (Å²) in [4.78, 5) is 12.3. The molecule has 1 amide bonds. The van der Waals surface area contributed by atoms with Crippen LogP contribution in [0.2, 0.25) is 0 Å². The molecule has 0 saturated carbocycles. The number of benzene rings is 1. The molecule has 7 heteroatoms. The molecule has 0 bridgehead atoms. The van der Waals surface area contributed by atoms with Crippen molar-refractivity contribution in [1.29, 1.82) is 5.26 Å². The molecule has 3 rings (SSSR count). The van der Waals surface area contributed by atoms with Crippen LogP contribution in [-0.2, 0) is 0 Å². The third-order valence-corrected chi connectivity index (χ3v) is 5.11. The number of furan rings is 1. The number of carbonyl (C=O) groups is 1. The lowest BCUT2D eigenvalue weighted by atomic mass is 10.2. The smallest absolute Gasteiger partial charge is 0.271 e. The highest BCUT2D eigenvalue weighted by molar-refractivity contribution is 5.95. The number of aryl methyl sites for hydroxylation is 2. The van der Waals surface area contributed by atoms with Gasteiger partial charge in [0.05, 0.1) is 12.8 Å². The monoisotopic (exact) mass is 418 g/mol. The summed E-state index contributed by atoms with van der Waals surface area (Å²) >= 11 is 0. The maximum Gasteiger partial charge on any atom is 0.271 e. The molecule has 0 unspecified atom stereocenters. The Morgan fingerprint density at radius 3 is 2.61 bits per heavy atom. The first-order valence-corrected chi connectivity index (χ1v) is 10.1. The lowest BCUT2D eigenvalue weighted by Gasteiger charge is -2.06. The zero-order valence-corrected chi connectivity index (χ0v) is 18.4. The van der Waals surface area contributed by atoms with Crippen LogP contribution >= 0.6 is 0 Å². The fraction of sp³-hybridized carbons (Fsp3) is 0.292. The maximum absolute atomic E-state index is 12.3. The Bertz CT molecular complexity index is 1160. The predicted octanol–water partition coefficient (Wildman–Crippen LogP) is 4.73. The first-order chi connectivity index (χ1) is 14.9. The third-order valence-electron chi connectivity index (χ3n) is 5.11. The molecule has 31 heavy (non-hydrogen) atoms. The Kier molecular flexibility index (Phi) is 6.61. The normalized spacial score (nSPS) is 11.0. The molecule has 0 saturated heterocycles. The Balaban J connectivity index is 1.75. The number of rotatable bonds is 7. The summed E-state index contributed by atoms with van der Waals surface area (Å²) in [6, 6.07) is 11.1. The van der Waals surface area contributed by atoms with E-state index < -0.39 is 0 Å². The van der Waals surface area contributed by atoms with E-state index in [4.69, 9.17) is 9.15 Å². The highest BCUT2D eigenvalue weighted by atomic mass is 16.5. The van der Waals surface area contributed by atoms with Gasteiger partial charge in [0.1, 0.15) is 23.1 Å². The minimum atomic E-state index is -0.309. The molecular weight excluding hydrogens is 392 g/mol. The topological polar surface area (TPSA) is 92.5 Å². The number of ether oxygens (including phenoxy) is 1. The standard InChI is InChI=1S/C24H26N4O3/c1-6-11-30-21-9-7-19(8-10-21)23(29)27-26-14-20-12-15(2)28(17(20)4)24-22(13-25)16(3)18(5)31-24/h7-10,12,14H,6,11H2,1-5H3,(H,27,29)/b26-14-. The predicted molar refractivity (Wildman–Crippen MR) is 119 cm³/mol. The van der Waals surface area contributed by atoms with E-state index in [0.29, 0.717) is 29.4 Å². The SMILES string of the molecule is CCCOc1ccc(C(=O)N/N=C\c2cc(C)n(-c3oc(C)c(C)c3C#N)c2C)cc1. The number of nitrogens with one attached hydrogen (secondary N) is 1. The third kappa shape index (κ3) is 4.53. The van der Waals surface area contributed by atoms with Crippen molar-refractivity contribution < 1.29 is 13.9 Å². The van der Waals surface area contributed by atoms with Gasteiger partial charge in [-0.15, -0.1) is 0 Å². The number of carbonyl (C=O) groups excluding carboxylic acids is 1. The largest absolute Gasteiger partial charge is 0.494 e. The molecule has 2 aromatic heterocycles. The van der Waals surface area contributed by atoms with E-state index in [1.165, 1.54) is 0 Å². The van der Waals surface area contributed by atoms with Crippen LogP contribution in [0.15, 0.2) is 39.9 Å². The average Bonchev–Trinajstić information content (AvgIpc) is 3.20. The second-order valence-corrected chi connectivity index (χ2v) is 7.31. The lowest BCUT2D eigenvalue weighted by molar-refractivity contribution is 0.0955. The van der Waals surface area contributed by atoms with E-state index in [1.54, 1.807) is 30.5 Å². The molecule has 0 atom stereocenters. The Labute approximate surface area is 181 Å². The highest BCUT2D eigenvalue weighted by Gasteiger charge is 2.20. The minimum Gasteiger partial charge on any atom is -0.494 e. The molecule has 3 aromatic rings. The van der Waals surface area contributed by atoms with Crippen molar-refractivity contribution in [3.8, 4) is 17.7 Å². The van der Waals surface area contributed by atoms with Crippen LogP contribution in [0.5, 0.6) is 5.75 Å². The van der Waals surface area contributed by atoms with Gasteiger partial charge in [-0.2, -0.15) is 10.4 Å². The summed E-state index contributed by atoms with van der Waals surface area (Å²) in [6.45, 7) is 10.2. The molecule has 0 aliphatic rings. The van der Waals surface area contributed by atoms with Gasteiger partial charge in [0.15, 0.2) is 0 Å². The van der Waals surface area contributed by atoms with Crippen LogP contribution in [0.4, 0.5) is 0 Å². The Morgan fingerprint density at radius 2 is 1.97 bits per heavy atom. The van der Waals surface area contributed by atoms with Crippen LogP contribution < -0.4 is 10.2 Å². The number of amides is 1. The van der Waals surface area contributed by atoms with Gasteiger partial charge < -0.3 is 9.15 Å². The molecule has 1 N–H and O–H groups in total. The zero-order valence-electron chi connectivity index (χ0n) is 18.4. The number of nitrogens with zero attached hydrogens (tertiary/aromatic N) is 3. The molecule has 0 aliphatic carbocycles. The van der Waals surface area contributed by atoms with Crippen LogP contribution in [0.1, 0.15) is 57.5 Å². The van der Waals surface area contributed by atoms with Gasteiger partial charge in [0.25, 0.3) is 5.91 Å². The van der Waals surface area contributed by atoms with Gasteiger partial charge in [-0.3, -0.25) is 9.36 Å². The summed E-state index contributed by atoms with van der Waals surface area (Å²) in [5, 5.41) is 13.6. The van der Waals surface area contributed by atoms with Gasteiger partial charge in [-0.1, -0.05) is 6.92 Å². The molecule has 7 nitrogen and oxygen atoms in total. The molecule has 1 aromatic carbocycles. The van der Waals surface area contributed by atoms with Crippen LogP contribution in [0.3, 0.4) is 0 Å². The van der Waals surface area contributed by atoms with Gasteiger partial charge in [0.2, 0.25) is 5.88 Å².